The van der Waals surface area contributed by atoms with E-state index in [0.717, 1.165) is 39.6 Å². The monoisotopic (exact) mass is 507 g/mol. The summed E-state index contributed by atoms with van der Waals surface area (Å²) in [4.78, 5) is 0. The molecule has 0 amide bonds. The summed E-state index contributed by atoms with van der Waals surface area (Å²) in [5.41, 5.74) is 0. The van der Waals surface area contributed by atoms with Gasteiger partial charge in [-0.15, -0.1) is 0 Å². The van der Waals surface area contributed by atoms with Gasteiger partial charge in [-0.1, -0.05) is 0 Å². The van der Waals surface area contributed by atoms with Crippen molar-refractivity contribution in [2.75, 3.05) is 39.6 Å². The van der Waals surface area contributed by atoms with Crippen molar-refractivity contribution in [1.29, 1.82) is 0 Å². The van der Waals surface area contributed by atoms with E-state index >= 15 is 0 Å². The van der Waals surface area contributed by atoms with Gasteiger partial charge >= 0.3 is 185 Å². The van der Waals surface area contributed by atoms with Gasteiger partial charge in [-0.3, -0.25) is 0 Å². The Kier molecular flexibility index (Phi) is 26.3. The van der Waals surface area contributed by atoms with Gasteiger partial charge in [0.2, 0.25) is 0 Å². The molecule has 0 aliphatic carbocycles. The Morgan fingerprint density at radius 2 is 0.679 bits per heavy atom. The average Bonchev–Trinajstić information content (AvgIpc) is 2.71. The van der Waals surface area contributed by atoms with Crippen LogP contribution < -0.4 is 0 Å². The van der Waals surface area contributed by atoms with Gasteiger partial charge in [-0.25, -0.2) is 0 Å². The Morgan fingerprint density at radius 3 is 0.964 bits per heavy atom. The molecule has 3 nitrogen and oxygen atoms in total. The van der Waals surface area contributed by atoms with E-state index in [9.17, 15) is 0 Å². The molecule has 0 N–H and O–H groups in total. The Labute approximate surface area is 184 Å². The number of hydrogen-bond acceptors (Lipinski definition) is 3. The molecule has 169 valence electrons. The zero-order chi connectivity index (χ0) is 20.5. The molecule has 0 spiro atoms. The van der Waals surface area contributed by atoms with Crippen LogP contribution in [0.1, 0.15) is 97.8 Å². The first-order chi connectivity index (χ1) is 13.8. The van der Waals surface area contributed by atoms with E-state index in [1.54, 1.807) is 13.3 Å². The molecule has 4 heteroatoms. The normalized spacial score (nSPS) is 11.6. The molecular weight excluding hydrogens is 455 g/mol. The Balaban J connectivity index is 3.80. The molecule has 0 atom stereocenters. The Hall–Kier alpha value is 0.679. The summed E-state index contributed by atoms with van der Waals surface area (Å²) in [5, 5.41) is 0. The van der Waals surface area contributed by atoms with Crippen LogP contribution in [-0.4, -0.2) is 59.4 Å². The fraction of sp³-hybridized carbons (Fsp3) is 1.00. The van der Waals surface area contributed by atoms with Crippen LogP contribution in [-0.2, 0) is 14.2 Å². The second-order valence-corrected chi connectivity index (χ2v) is 16.6. The van der Waals surface area contributed by atoms with E-state index in [1.165, 1.54) is 77.0 Å². The third kappa shape index (κ3) is 23.0. The molecule has 0 saturated heterocycles. The Bertz CT molecular complexity index is 234. The van der Waals surface area contributed by atoms with Crippen LogP contribution >= 0.6 is 0 Å². The summed E-state index contributed by atoms with van der Waals surface area (Å²) < 4.78 is 21.9. The van der Waals surface area contributed by atoms with E-state index in [2.05, 4.69) is 20.8 Å². The van der Waals surface area contributed by atoms with Crippen LogP contribution in [0.25, 0.3) is 0 Å². The zero-order valence-corrected chi connectivity index (χ0v) is 22.4. The molecule has 0 aliphatic rings. The van der Waals surface area contributed by atoms with Crippen molar-refractivity contribution < 1.29 is 14.2 Å². The minimum atomic E-state index is -1.21. The summed E-state index contributed by atoms with van der Waals surface area (Å²) in [6.45, 7) is 12.5. The third-order valence-electron chi connectivity index (χ3n) is 5.13. The molecule has 0 unspecified atom stereocenters. The fourth-order valence-electron chi connectivity index (χ4n) is 3.16. The first kappa shape index (κ1) is 28.7. The van der Waals surface area contributed by atoms with Gasteiger partial charge in [0, 0.05) is 0 Å². The molecule has 0 heterocycles. The number of hydrogen-bond donors (Lipinski definition) is 0. The molecule has 1 radical (unpaired) electrons. The van der Waals surface area contributed by atoms with Crippen LogP contribution in [0, 0.1) is 0 Å². The Morgan fingerprint density at radius 1 is 0.393 bits per heavy atom. The van der Waals surface area contributed by atoms with Crippen molar-refractivity contribution in [3.05, 3.63) is 0 Å². The zero-order valence-electron chi connectivity index (χ0n) is 19.6. The molecule has 0 aromatic rings. The summed E-state index contributed by atoms with van der Waals surface area (Å²) in [7, 11) is 0. The quantitative estimate of drug-likeness (QED) is 0.102. The summed E-state index contributed by atoms with van der Waals surface area (Å²) in [5.74, 6) is 0. The van der Waals surface area contributed by atoms with Crippen LogP contribution in [0.5, 0.6) is 0 Å². The molecular formula is C24H51O3Sn. The predicted molar refractivity (Wildman–Crippen MR) is 125 cm³/mol. The van der Waals surface area contributed by atoms with Crippen molar-refractivity contribution in [2.45, 2.75) is 111 Å². The van der Waals surface area contributed by atoms with Gasteiger partial charge in [0.25, 0.3) is 0 Å². The van der Waals surface area contributed by atoms with Crippen LogP contribution in [0.2, 0.25) is 13.3 Å². The minimum absolute atomic E-state index is 0.957. The topological polar surface area (TPSA) is 27.7 Å². The first-order valence-electron chi connectivity index (χ1n) is 12.4. The first-order valence-corrected chi connectivity index (χ1v) is 18.5. The average molecular weight is 506 g/mol. The maximum atomic E-state index is 5.74. The number of ether oxygens (including phenoxy) is 3. The van der Waals surface area contributed by atoms with E-state index < -0.39 is 19.8 Å². The molecule has 0 saturated carbocycles. The molecule has 0 aromatic heterocycles. The second-order valence-electron chi connectivity index (χ2n) is 8.02. The van der Waals surface area contributed by atoms with Gasteiger partial charge in [-0.05, 0) is 0 Å². The standard InChI is InChI=1S/3C8H17O.Sn/c3*1-3-5-7-9-8-6-4-2;/h3*1,3-8H2,2H3;. The van der Waals surface area contributed by atoms with Gasteiger partial charge in [0.15, 0.2) is 0 Å². The summed E-state index contributed by atoms with van der Waals surface area (Å²) >= 11 is -1.21. The van der Waals surface area contributed by atoms with Crippen molar-refractivity contribution in [2.24, 2.45) is 0 Å². The van der Waals surface area contributed by atoms with E-state index in [1.807, 2.05) is 0 Å². The number of rotatable bonds is 24. The summed E-state index contributed by atoms with van der Waals surface area (Å²) in [6.07, 6.45) is 15.4. The van der Waals surface area contributed by atoms with Crippen LogP contribution in [0.4, 0.5) is 0 Å². The molecule has 0 fully saturated rings. The number of unbranched alkanes of at least 4 members (excludes halogenated alkanes) is 6. The van der Waals surface area contributed by atoms with E-state index in [-0.39, 0.29) is 0 Å². The van der Waals surface area contributed by atoms with Crippen molar-refractivity contribution >= 4 is 19.8 Å². The van der Waals surface area contributed by atoms with E-state index in [0.29, 0.717) is 0 Å². The van der Waals surface area contributed by atoms with Gasteiger partial charge in [0.1, 0.15) is 0 Å². The summed E-state index contributed by atoms with van der Waals surface area (Å²) in [6, 6.07) is 0. The molecule has 0 rings (SSSR count). The van der Waals surface area contributed by atoms with Crippen LogP contribution in [0.15, 0.2) is 0 Å². The van der Waals surface area contributed by atoms with Gasteiger partial charge in [0.05, 0.1) is 0 Å². The third-order valence-corrected chi connectivity index (χ3v) is 14.2. The van der Waals surface area contributed by atoms with Gasteiger partial charge in [-0.2, -0.15) is 0 Å². The second kappa shape index (κ2) is 25.7. The van der Waals surface area contributed by atoms with Crippen molar-refractivity contribution in [3.8, 4) is 0 Å². The molecule has 28 heavy (non-hydrogen) atoms. The van der Waals surface area contributed by atoms with E-state index in [4.69, 9.17) is 14.2 Å². The van der Waals surface area contributed by atoms with Crippen molar-refractivity contribution in [3.63, 3.8) is 0 Å². The van der Waals surface area contributed by atoms with Gasteiger partial charge < -0.3 is 0 Å². The predicted octanol–water partition coefficient (Wildman–Crippen LogP) is 7.27. The van der Waals surface area contributed by atoms with Crippen molar-refractivity contribution in [1.82, 2.24) is 0 Å². The molecule has 0 aromatic carbocycles. The molecule has 0 aliphatic heterocycles. The SMILES string of the molecule is CCCCOCCC[CH2][Sn]([CH2]CCCOCCCC)[CH2]CCCOCCCC. The molecule has 0 bridgehead atoms. The fourth-order valence-corrected chi connectivity index (χ4v) is 11.7. The maximum absolute atomic E-state index is 5.74. The van der Waals surface area contributed by atoms with Crippen LogP contribution in [0.3, 0.4) is 0 Å².